The molecule has 0 bridgehead atoms. The topological polar surface area (TPSA) is 26.3 Å². The maximum Gasteiger partial charge on any atom is 0.573 e. The molecular formula is C14H7F5O2. The van der Waals surface area contributed by atoms with Crippen molar-refractivity contribution in [1.82, 2.24) is 0 Å². The molecule has 0 saturated heterocycles. The van der Waals surface area contributed by atoms with Crippen LogP contribution in [-0.2, 0) is 0 Å². The summed E-state index contributed by atoms with van der Waals surface area (Å²) in [5.41, 5.74) is -0.647. The summed E-state index contributed by atoms with van der Waals surface area (Å²) in [6.45, 7) is 0. The standard InChI is InChI=1S/C14H7F5O2/c15-11-5-8(7-20)10(6-12(11)16)9-3-1-2-4-13(9)21-14(17,18)19/h1-7H. The first-order valence-electron chi connectivity index (χ1n) is 5.61. The molecule has 21 heavy (non-hydrogen) atoms. The van der Waals surface area contributed by atoms with Gasteiger partial charge in [0.25, 0.3) is 0 Å². The fraction of sp³-hybridized carbons (Fsp3) is 0.0714. The first-order valence-corrected chi connectivity index (χ1v) is 5.61. The molecule has 0 unspecified atom stereocenters. The number of alkyl halides is 3. The number of halogens is 5. The molecule has 0 N–H and O–H groups in total. The lowest BCUT2D eigenvalue weighted by Gasteiger charge is -2.14. The molecule has 7 heteroatoms. The van der Waals surface area contributed by atoms with Crippen molar-refractivity contribution in [2.75, 3.05) is 0 Å². The maximum atomic E-state index is 13.3. The first-order chi connectivity index (χ1) is 9.81. The Morgan fingerprint density at radius 1 is 0.952 bits per heavy atom. The molecule has 0 aliphatic carbocycles. The molecule has 0 aliphatic rings. The van der Waals surface area contributed by atoms with Gasteiger partial charge in [-0.05, 0) is 23.8 Å². The van der Waals surface area contributed by atoms with Crippen LogP contribution in [0.3, 0.4) is 0 Å². The number of carbonyl (C=O) groups excluding carboxylic acids is 1. The van der Waals surface area contributed by atoms with Gasteiger partial charge in [-0.2, -0.15) is 0 Å². The monoisotopic (exact) mass is 302 g/mol. The van der Waals surface area contributed by atoms with E-state index in [1.54, 1.807) is 0 Å². The van der Waals surface area contributed by atoms with Gasteiger partial charge in [-0.25, -0.2) is 8.78 Å². The molecule has 0 radical (unpaired) electrons. The first kappa shape index (κ1) is 15.0. The number of benzene rings is 2. The number of hydrogen-bond acceptors (Lipinski definition) is 2. The second-order valence-corrected chi connectivity index (χ2v) is 4.02. The van der Waals surface area contributed by atoms with Crippen LogP contribution in [0.15, 0.2) is 36.4 Å². The Labute approximate surface area is 115 Å². The number of para-hydroxylation sites is 1. The van der Waals surface area contributed by atoms with Crippen LogP contribution in [-0.4, -0.2) is 12.6 Å². The average Bonchev–Trinajstić information content (AvgIpc) is 2.40. The highest BCUT2D eigenvalue weighted by Gasteiger charge is 2.32. The fourth-order valence-electron chi connectivity index (χ4n) is 1.80. The number of hydrogen-bond donors (Lipinski definition) is 0. The third-order valence-corrected chi connectivity index (χ3v) is 2.62. The largest absolute Gasteiger partial charge is 0.573 e. The molecule has 0 aliphatic heterocycles. The van der Waals surface area contributed by atoms with Crippen molar-refractivity contribution >= 4 is 6.29 Å². The highest BCUT2D eigenvalue weighted by Crippen LogP contribution is 2.35. The normalized spacial score (nSPS) is 11.3. The molecule has 2 rings (SSSR count). The van der Waals surface area contributed by atoms with Crippen molar-refractivity contribution in [3.05, 3.63) is 53.6 Å². The smallest absolute Gasteiger partial charge is 0.405 e. The summed E-state index contributed by atoms with van der Waals surface area (Å²) >= 11 is 0. The number of ether oxygens (including phenoxy) is 1. The molecule has 0 aromatic heterocycles. The lowest BCUT2D eigenvalue weighted by molar-refractivity contribution is -0.274. The van der Waals surface area contributed by atoms with Crippen LogP contribution in [0.5, 0.6) is 5.75 Å². The van der Waals surface area contributed by atoms with Crippen LogP contribution < -0.4 is 4.74 Å². The van der Waals surface area contributed by atoms with Crippen molar-refractivity contribution in [1.29, 1.82) is 0 Å². The SMILES string of the molecule is O=Cc1cc(F)c(F)cc1-c1ccccc1OC(F)(F)F. The summed E-state index contributed by atoms with van der Waals surface area (Å²) in [6, 6.07) is 6.15. The van der Waals surface area contributed by atoms with Crippen LogP contribution in [0.1, 0.15) is 10.4 Å². The van der Waals surface area contributed by atoms with E-state index in [9.17, 15) is 26.7 Å². The van der Waals surface area contributed by atoms with E-state index in [0.29, 0.717) is 12.1 Å². The second kappa shape index (κ2) is 5.51. The van der Waals surface area contributed by atoms with Gasteiger partial charge < -0.3 is 4.74 Å². The Balaban J connectivity index is 2.62. The minimum atomic E-state index is -4.95. The average molecular weight is 302 g/mol. The summed E-state index contributed by atoms with van der Waals surface area (Å²) in [6.07, 6.45) is -4.72. The van der Waals surface area contributed by atoms with Crippen molar-refractivity contribution in [2.45, 2.75) is 6.36 Å². The third kappa shape index (κ3) is 3.36. The molecule has 2 nitrogen and oxygen atoms in total. The highest BCUT2D eigenvalue weighted by atomic mass is 19.4. The predicted molar refractivity (Wildman–Crippen MR) is 63.9 cm³/mol. The third-order valence-electron chi connectivity index (χ3n) is 2.62. The van der Waals surface area contributed by atoms with Gasteiger partial charge in [0.05, 0.1) is 0 Å². The lowest BCUT2D eigenvalue weighted by Crippen LogP contribution is -2.17. The minimum Gasteiger partial charge on any atom is -0.405 e. The Kier molecular flexibility index (Phi) is 3.93. The van der Waals surface area contributed by atoms with E-state index in [1.807, 2.05) is 0 Å². The number of rotatable bonds is 3. The zero-order chi connectivity index (χ0) is 15.6. The number of aldehydes is 1. The van der Waals surface area contributed by atoms with Crippen molar-refractivity contribution in [3.63, 3.8) is 0 Å². The molecule has 0 saturated carbocycles. The maximum absolute atomic E-state index is 13.3. The van der Waals surface area contributed by atoms with Gasteiger partial charge in [-0.1, -0.05) is 18.2 Å². The minimum absolute atomic E-state index is 0.171. The summed E-state index contributed by atoms with van der Waals surface area (Å²) in [4.78, 5) is 10.9. The van der Waals surface area contributed by atoms with Crippen LogP contribution in [0.4, 0.5) is 22.0 Å². The van der Waals surface area contributed by atoms with Gasteiger partial charge >= 0.3 is 6.36 Å². The summed E-state index contributed by atoms with van der Waals surface area (Å²) in [7, 11) is 0. The van der Waals surface area contributed by atoms with Gasteiger partial charge in [0.1, 0.15) is 5.75 Å². The van der Waals surface area contributed by atoms with E-state index in [0.717, 1.165) is 6.07 Å². The zero-order valence-electron chi connectivity index (χ0n) is 10.2. The van der Waals surface area contributed by atoms with Gasteiger partial charge in [-0.15, -0.1) is 13.2 Å². The van der Waals surface area contributed by atoms with E-state index in [-0.39, 0.29) is 23.0 Å². The van der Waals surface area contributed by atoms with Crippen molar-refractivity contribution in [3.8, 4) is 16.9 Å². The Bertz CT molecular complexity index is 680. The van der Waals surface area contributed by atoms with Crippen molar-refractivity contribution < 1.29 is 31.5 Å². The zero-order valence-corrected chi connectivity index (χ0v) is 10.2. The Morgan fingerprint density at radius 3 is 2.19 bits per heavy atom. The van der Waals surface area contributed by atoms with Crippen LogP contribution in [0.25, 0.3) is 11.1 Å². The van der Waals surface area contributed by atoms with Crippen LogP contribution in [0, 0.1) is 11.6 Å². The van der Waals surface area contributed by atoms with E-state index < -0.39 is 23.7 Å². The van der Waals surface area contributed by atoms with Crippen LogP contribution in [0.2, 0.25) is 0 Å². The molecule has 0 atom stereocenters. The van der Waals surface area contributed by atoms with Gasteiger partial charge in [0, 0.05) is 11.1 Å². The molecule has 2 aromatic carbocycles. The Hall–Kier alpha value is -2.44. The molecular weight excluding hydrogens is 295 g/mol. The predicted octanol–water partition coefficient (Wildman–Crippen LogP) is 4.34. The summed E-state index contributed by atoms with van der Waals surface area (Å²) < 4.78 is 67.2. The second-order valence-electron chi connectivity index (χ2n) is 4.02. The summed E-state index contributed by atoms with van der Waals surface area (Å²) in [5, 5.41) is 0. The van der Waals surface area contributed by atoms with Gasteiger partial charge in [0.15, 0.2) is 17.9 Å². The molecule has 0 heterocycles. The lowest BCUT2D eigenvalue weighted by atomic mass is 9.99. The highest BCUT2D eigenvalue weighted by molar-refractivity contribution is 5.89. The Morgan fingerprint density at radius 2 is 1.57 bits per heavy atom. The summed E-state index contributed by atoms with van der Waals surface area (Å²) in [5.74, 6) is -3.16. The van der Waals surface area contributed by atoms with Crippen LogP contribution >= 0.6 is 0 Å². The van der Waals surface area contributed by atoms with Gasteiger partial charge in [0.2, 0.25) is 0 Å². The van der Waals surface area contributed by atoms with Crippen molar-refractivity contribution in [2.24, 2.45) is 0 Å². The van der Waals surface area contributed by atoms with Gasteiger partial charge in [-0.3, -0.25) is 4.79 Å². The van der Waals surface area contributed by atoms with E-state index in [4.69, 9.17) is 0 Å². The van der Waals surface area contributed by atoms with E-state index in [1.165, 1.54) is 18.2 Å². The van der Waals surface area contributed by atoms with E-state index in [2.05, 4.69) is 4.74 Å². The molecule has 2 aromatic rings. The molecule has 110 valence electrons. The number of carbonyl (C=O) groups is 1. The van der Waals surface area contributed by atoms with E-state index >= 15 is 0 Å². The molecule has 0 fully saturated rings. The molecule has 0 spiro atoms. The quantitative estimate of drug-likeness (QED) is 0.622. The fourth-order valence-corrected chi connectivity index (χ4v) is 1.80. The molecule has 0 amide bonds.